The Kier molecular flexibility index (Phi) is 12.6. The Labute approximate surface area is 235 Å². The molecule has 0 unspecified atom stereocenters. The van der Waals surface area contributed by atoms with E-state index in [0.29, 0.717) is 62.9 Å². The van der Waals surface area contributed by atoms with Crippen LogP contribution in [0, 0.1) is 0 Å². The first-order valence-electron chi connectivity index (χ1n) is 13.1. The second-order valence-electron chi connectivity index (χ2n) is 8.80. The molecule has 0 saturated heterocycles. The van der Waals surface area contributed by atoms with Gasteiger partial charge in [-0.3, -0.25) is 9.59 Å². The van der Waals surface area contributed by atoms with E-state index < -0.39 is 0 Å². The van der Waals surface area contributed by atoms with Gasteiger partial charge < -0.3 is 28.7 Å². The molecule has 8 nitrogen and oxygen atoms in total. The number of hydrogen-bond acceptors (Lipinski definition) is 7. The van der Waals surface area contributed by atoms with E-state index >= 15 is 0 Å². The second kappa shape index (κ2) is 16.4. The molecular weight excluding hydrogens is 516 g/mol. The minimum Gasteiger partial charge on any atom is -0.493 e. The summed E-state index contributed by atoms with van der Waals surface area (Å²) in [4.78, 5) is 31.2. The van der Waals surface area contributed by atoms with Gasteiger partial charge in [-0.2, -0.15) is 0 Å². The van der Waals surface area contributed by atoms with Crippen molar-refractivity contribution in [2.75, 3.05) is 53.7 Å². The summed E-state index contributed by atoms with van der Waals surface area (Å²) < 4.78 is 21.9. The molecule has 0 fully saturated rings. The third-order valence-corrected chi connectivity index (χ3v) is 6.96. The smallest absolute Gasteiger partial charge is 0.260 e. The minimum atomic E-state index is -0.236. The molecule has 9 heteroatoms. The fourth-order valence-corrected chi connectivity index (χ4v) is 4.71. The first-order valence-corrected chi connectivity index (χ1v) is 14.0. The van der Waals surface area contributed by atoms with Gasteiger partial charge in [-0.1, -0.05) is 30.3 Å². The molecule has 3 rings (SSSR count). The lowest BCUT2D eigenvalue weighted by Gasteiger charge is -2.28. The highest BCUT2D eigenvalue weighted by atomic mass is 32.1. The summed E-state index contributed by atoms with van der Waals surface area (Å²) in [5.74, 6) is 1.57. The van der Waals surface area contributed by atoms with E-state index in [2.05, 4.69) is 0 Å². The summed E-state index contributed by atoms with van der Waals surface area (Å²) in [5.41, 5.74) is 1.03. The molecule has 0 radical (unpaired) electrons. The van der Waals surface area contributed by atoms with Crippen LogP contribution in [0.4, 0.5) is 0 Å². The number of amides is 2. The Balaban J connectivity index is 1.69. The number of ether oxygens (including phenoxy) is 4. The molecule has 0 atom stereocenters. The van der Waals surface area contributed by atoms with Crippen LogP contribution in [0.2, 0.25) is 0 Å². The molecule has 210 valence electrons. The highest BCUT2D eigenvalue weighted by molar-refractivity contribution is 7.09. The van der Waals surface area contributed by atoms with E-state index in [1.54, 1.807) is 42.6 Å². The van der Waals surface area contributed by atoms with Gasteiger partial charge in [0.15, 0.2) is 18.1 Å². The lowest BCUT2D eigenvalue weighted by Crippen LogP contribution is -2.45. The quantitative estimate of drug-likeness (QED) is 0.226. The van der Waals surface area contributed by atoms with Crippen LogP contribution in [0.5, 0.6) is 17.2 Å². The lowest BCUT2D eigenvalue weighted by molar-refractivity contribution is -0.142. The molecule has 1 heterocycles. The molecule has 0 N–H and O–H groups in total. The van der Waals surface area contributed by atoms with Crippen LogP contribution in [-0.4, -0.2) is 75.3 Å². The van der Waals surface area contributed by atoms with E-state index in [4.69, 9.17) is 18.9 Å². The molecule has 0 aliphatic carbocycles. The van der Waals surface area contributed by atoms with Crippen molar-refractivity contribution in [2.45, 2.75) is 26.3 Å². The number of rotatable bonds is 17. The Morgan fingerprint density at radius 1 is 0.872 bits per heavy atom. The summed E-state index contributed by atoms with van der Waals surface area (Å²) >= 11 is 1.60. The van der Waals surface area contributed by atoms with Crippen LogP contribution in [0.25, 0.3) is 0 Å². The number of methoxy groups -OCH3 is 2. The van der Waals surface area contributed by atoms with Crippen LogP contribution in [-0.2, 0) is 27.3 Å². The molecule has 0 spiro atoms. The first-order chi connectivity index (χ1) is 19.0. The fraction of sp³-hybridized carbons (Fsp3) is 0.400. The highest BCUT2D eigenvalue weighted by Gasteiger charge is 2.22. The van der Waals surface area contributed by atoms with Gasteiger partial charge >= 0.3 is 0 Å². The summed E-state index contributed by atoms with van der Waals surface area (Å²) in [7, 11) is 3.21. The monoisotopic (exact) mass is 554 g/mol. The summed E-state index contributed by atoms with van der Waals surface area (Å²) in [5, 5.41) is 2.00. The predicted octanol–water partition coefficient (Wildman–Crippen LogP) is 4.67. The normalized spacial score (nSPS) is 10.6. The lowest BCUT2D eigenvalue weighted by atomic mass is 10.1. The zero-order valence-electron chi connectivity index (χ0n) is 23.0. The van der Waals surface area contributed by atoms with E-state index in [-0.39, 0.29) is 25.0 Å². The molecule has 0 saturated carbocycles. The first kappa shape index (κ1) is 30.0. The number of hydrogen-bond donors (Lipinski definition) is 0. The summed E-state index contributed by atoms with van der Waals surface area (Å²) in [6, 6.07) is 18.9. The highest BCUT2D eigenvalue weighted by Crippen LogP contribution is 2.28. The molecule has 39 heavy (non-hydrogen) atoms. The van der Waals surface area contributed by atoms with Gasteiger partial charge in [0.25, 0.3) is 5.91 Å². The average Bonchev–Trinajstić information content (AvgIpc) is 3.49. The van der Waals surface area contributed by atoms with Gasteiger partial charge in [0.1, 0.15) is 5.75 Å². The third-order valence-electron chi connectivity index (χ3n) is 6.10. The zero-order chi connectivity index (χ0) is 27.9. The topological polar surface area (TPSA) is 77.5 Å². The molecule has 0 aliphatic heterocycles. The summed E-state index contributed by atoms with van der Waals surface area (Å²) in [6.07, 6.45) is 1.27. The zero-order valence-corrected chi connectivity index (χ0v) is 23.8. The standard InChI is InChI=1S/C30H38N2O6S/c1-4-37-18-9-16-31(30(34)23-38-25-10-6-5-7-11-25)22-29(33)32(21-26-12-8-19-39-26)17-15-24-13-14-27(35-2)28(20-24)36-3/h5-8,10-14,19-20H,4,9,15-18,21-23H2,1-3H3. The van der Waals surface area contributed by atoms with Gasteiger partial charge in [0.05, 0.1) is 27.3 Å². The fourth-order valence-electron chi connectivity index (χ4n) is 3.99. The number of benzene rings is 2. The van der Waals surface area contributed by atoms with Gasteiger partial charge in [0.2, 0.25) is 5.91 Å². The van der Waals surface area contributed by atoms with Crippen LogP contribution < -0.4 is 14.2 Å². The van der Waals surface area contributed by atoms with Gasteiger partial charge in [-0.15, -0.1) is 11.3 Å². The van der Waals surface area contributed by atoms with Crippen molar-refractivity contribution in [1.29, 1.82) is 0 Å². The Bertz CT molecular complexity index is 1140. The SMILES string of the molecule is CCOCCCN(CC(=O)N(CCc1ccc(OC)c(OC)c1)Cc1cccs1)C(=O)COc1ccccc1. The minimum absolute atomic E-state index is 0.0274. The van der Waals surface area contributed by atoms with Crippen LogP contribution in [0.15, 0.2) is 66.0 Å². The molecule has 1 aromatic heterocycles. The van der Waals surface area contributed by atoms with Gasteiger partial charge in [0, 0.05) is 31.2 Å². The van der Waals surface area contributed by atoms with Crippen molar-refractivity contribution in [1.82, 2.24) is 9.80 Å². The van der Waals surface area contributed by atoms with Crippen LogP contribution in [0.1, 0.15) is 23.8 Å². The molecule has 3 aromatic rings. The Hall–Kier alpha value is -3.56. The van der Waals surface area contributed by atoms with Gasteiger partial charge in [-0.05, 0) is 61.0 Å². The summed E-state index contributed by atoms with van der Waals surface area (Å²) in [6.45, 7) is 4.27. The largest absolute Gasteiger partial charge is 0.493 e. The van der Waals surface area contributed by atoms with Crippen molar-refractivity contribution in [2.24, 2.45) is 0 Å². The van der Waals surface area contributed by atoms with Crippen molar-refractivity contribution in [3.8, 4) is 17.2 Å². The number of thiophene rings is 1. The third kappa shape index (κ3) is 9.92. The van der Waals surface area contributed by atoms with Crippen LogP contribution >= 0.6 is 11.3 Å². The van der Waals surface area contributed by atoms with E-state index in [9.17, 15) is 9.59 Å². The van der Waals surface area contributed by atoms with Crippen molar-refractivity contribution in [3.05, 3.63) is 76.5 Å². The van der Waals surface area contributed by atoms with E-state index in [1.165, 1.54) is 0 Å². The maximum absolute atomic E-state index is 13.6. The maximum atomic E-state index is 13.6. The number of para-hydroxylation sites is 1. The van der Waals surface area contributed by atoms with Crippen molar-refractivity contribution < 1.29 is 28.5 Å². The molecule has 2 amide bonds. The number of nitrogens with zero attached hydrogens (tertiary/aromatic N) is 2. The number of carbonyl (C=O) groups excluding carboxylic acids is 2. The average molecular weight is 555 g/mol. The van der Waals surface area contributed by atoms with Crippen molar-refractivity contribution in [3.63, 3.8) is 0 Å². The molecule has 2 aromatic carbocycles. The maximum Gasteiger partial charge on any atom is 0.260 e. The van der Waals surface area contributed by atoms with Crippen molar-refractivity contribution >= 4 is 23.2 Å². The Morgan fingerprint density at radius 3 is 2.36 bits per heavy atom. The number of carbonyl (C=O) groups is 2. The molecule has 0 aliphatic rings. The van der Waals surface area contributed by atoms with Gasteiger partial charge in [-0.25, -0.2) is 0 Å². The second-order valence-corrected chi connectivity index (χ2v) is 9.83. The molecule has 0 bridgehead atoms. The van der Waals surface area contributed by atoms with E-state index in [0.717, 1.165) is 10.4 Å². The van der Waals surface area contributed by atoms with E-state index in [1.807, 2.05) is 65.7 Å². The molecular formula is C30H38N2O6S. The predicted molar refractivity (Wildman–Crippen MR) is 153 cm³/mol. The van der Waals surface area contributed by atoms with Crippen LogP contribution in [0.3, 0.4) is 0 Å². The Morgan fingerprint density at radius 2 is 1.67 bits per heavy atom.